The van der Waals surface area contributed by atoms with Crippen LogP contribution in [0, 0.1) is 5.92 Å². The van der Waals surface area contributed by atoms with Crippen molar-refractivity contribution >= 4 is 5.78 Å². The lowest BCUT2D eigenvalue weighted by atomic mass is 9.70. The van der Waals surface area contributed by atoms with E-state index >= 15 is 0 Å². The quantitative estimate of drug-likeness (QED) is 0.611. The van der Waals surface area contributed by atoms with Gasteiger partial charge in [-0.25, -0.2) is 0 Å². The summed E-state index contributed by atoms with van der Waals surface area (Å²) in [5, 5.41) is 3.34. The predicted octanol–water partition coefficient (Wildman–Crippen LogP) is 1.11. The lowest BCUT2D eigenvalue weighted by molar-refractivity contribution is -0.124. The number of Topliss-reactive ketones (excluding diaryl/α,β-unsaturated/α-hetero) is 1. The lowest BCUT2D eigenvalue weighted by Crippen LogP contribution is -2.51. The van der Waals surface area contributed by atoms with Crippen molar-refractivity contribution in [3.8, 4) is 0 Å². The zero-order chi connectivity index (χ0) is 7.90. The van der Waals surface area contributed by atoms with Crippen LogP contribution >= 0.6 is 0 Å². The Morgan fingerprint density at radius 1 is 1.55 bits per heavy atom. The van der Waals surface area contributed by atoms with Gasteiger partial charge in [-0.3, -0.25) is 4.79 Å². The van der Waals surface area contributed by atoms with Gasteiger partial charge in [0, 0.05) is 13.0 Å². The fourth-order valence-electron chi connectivity index (χ4n) is 2.15. The molecule has 2 nitrogen and oxygen atoms in total. The van der Waals surface area contributed by atoms with Crippen LogP contribution in [0.4, 0.5) is 0 Å². The first-order valence-electron chi connectivity index (χ1n) is 4.52. The minimum Gasteiger partial charge on any atom is -0.304 e. The molecule has 1 unspecified atom stereocenters. The molecule has 2 fully saturated rings. The normalized spacial score (nSPS) is 39.2. The van der Waals surface area contributed by atoms with Gasteiger partial charge in [-0.2, -0.15) is 0 Å². The van der Waals surface area contributed by atoms with Crippen molar-refractivity contribution in [3.05, 3.63) is 0 Å². The van der Waals surface area contributed by atoms with E-state index in [9.17, 15) is 4.79 Å². The Hall–Kier alpha value is -0.370. The lowest BCUT2D eigenvalue weighted by Gasteiger charge is -2.39. The number of hydrogen-bond donors (Lipinski definition) is 1. The highest BCUT2D eigenvalue weighted by Crippen LogP contribution is 2.38. The zero-order valence-electron chi connectivity index (χ0n) is 7.02. The van der Waals surface area contributed by atoms with E-state index in [1.54, 1.807) is 0 Å². The molecule has 2 rings (SSSR count). The third kappa shape index (κ3) is 0.924. The van der Waals surface area contributed by atoms with Gasteiger partial charge in [0.1, 0.15) is 0 Å². The maximum absolute atomic E-state index is 11.5. The minimum atomic E-state index is -0.141. The molecule has 11 heavy (non-hydrogen) atoms. The average molecular weight is 153 g/mol. The molecule has 1 saturated carbocycles. The molecule has 0 aromatic rings. The Balaban J connectivity index is 2.12. The summed E-state index contributed by atoms with van der Waals surface area (Å²) in [6.07, 6.45) is 4.55. The molecule has 2 aliphatic rings. The van der Waals surface area contributed by atoms with E-state index in [1.165, 1.54) is 19.3 Å². The van der Waals surface area contributed by atoms with Crippen LogP contribution in [0.1, 0.15) is 32.6 Å². The minimum absolute atomic E-state index is 0.141. The summed E-state index contributed by atoms with van der Waals surface area (Å²) in [5.41, 5.74) is -0.141. The van der Waals surface area contributed by atoms with Crippen LogP contribution < -0.4 is 5.32 Å². The van der Waals surface area contributed by atoms with E-state index in [4.69, 9.17) is 0 Å². The van der Waals surface area contributed by atoms with Gasteiger partial charge in [0.05, 0.1) is 5.54 Å². The topological polar surface area (TPSA) is 29.1 Å². The number of ketones is 1. The second-order valence-electron chi connectivity index (χ2n) is 3.93. The Kier molecular flexibility index (Phi) is 1.53. The highest BCUT2D eigenvalue weighted by atomic mass is 16.1. The van der Waals surface area contributed by atoms with Gasteiger partial charge in [0.2, 0.25) is 0 Å². The van der Waals surface area contributed by atoms with E-state index in [1.807, 2.05) is 0 Å². The van der Waals surface area contributed by atoms with Gasteiger partial charge < -0.3 is 5.32 Å². The first-order chi connectivity index (χ1) is 5.23. The molecular formula is C9H15NO. The SMILES string of the molecule is CC1(C2CCC2)NCCC1=O. The van der Waals surface area contributed by atoms with Crippen LogP contribution in [0.15, 0.2) is 0 Å². The molecular weight excluding hydrogens is 138 g/mol. The first-order valence-corrected chi connectivity index (χ1v) is 4.52. The maximum atomic E-state index is 11.5. The molecule has 0 aromatic carbocycles. The predicted molar refractivity (Wildman–Crippen MR) is 43.4 cm³/mol. The summed E-state index contributed by atoms with van der Waals surface area (Å²) in [5.74, 6) is 1.07. The Morgan fingerprint density at radius 2 is 2.27 bits per heavy atom. The van der Waals surface area contributed by atoms with Crippen LogP contribution in [0.3, 0.4) is 0 Å². The molecule has 2 heteroatoms. The van der Waals surface area contributed by atoms with Crippen LogP contribution in [-0.4, -0.2) is 17.9 Å². The molecule has 1 atom stereocenters. The third-order valence-corrected chi connectivity index (χ3v) is 3.35. The first kappa shape index (κ1) is 7.29. The monoisotopic (exact) mass is 153 g/mol. The fourth-order valence-corrected chi connectivity index (χ4v) is 2.15. The summed E-state index contributed by atoms with van der Waals surface area (Å²) in [6.45, 7) is 2.97. The third-order valence-electron chi connectivity index (χ3n) is 3.35. The average Bonchev–Trinajstić information content (AvgIpc) is 2.09. The van der Waals surface area contributed by atoms with Gasteiger partial charge >= 0.3 is 0 Å². The van der Waals surface area contributed by atoms with Gasteiger partial charge in [-0.05, 0) is 25.7 Å². The second kappa shape index (κ2) is 2.31. The number of hydrogen-bond acceptors (Lipinski definition) is 2. The van der Waals surface area contributed by atoms with E-state index < -0.39 is 0 Å². The number of nitrogens with one attached hydrogen (secondary N) is 1. The van der Waals surface area contributed by atoms with E-state index in [0.717, 1.165) is 13.0 Å². The second-order valence-corrected chi connectivity index (χ2v) is 3.93. The van der Waals surface area contributed by atoms with Crippen molar-refractivity contribution < 1.29 is 4.79 Å². The molecule has 0 aromatic heterocycles. The number of rotatable bonds is 1. The van der Waals surface area contributed by atoms with Gasteiger partial charge in [-0.1, -0.05) is 6.42 Å². The molecule has 1 N–H and O–H groups in total. The molecule has 1 heterocycles. The summed E-state index contributed by atoms with van der Waals surface area (Å²) >= 11 is 0. The van der Waals surface area contributed by atoms with Crippen LogP contribution in [0.2, 0.25) is 0 Å². The molecule has 0 amide bonds. The van der Waals surface area contributed by atoms with Gasteiger partial charge in [0.25, 0.3) is 0 Å². The molecule has 0 bridgehead atoms. The smallest absolute Gasteiger partial charge is 0.154 e. The van der Waals surface area contributed by atoms with Gasteiger partial charge in [0.15, 0.2) is 5.78 Å². The van der Waals surface area contributed by atoms with Crippen molar-refractivity contribution in [2.45, 2.75) is 38.1 Å². The van der Waals surface area contributed by atoms with Crippen molar-refractivity contribution in [1.82, 2.24) is 5.32 Å². The van der Waals surface area contributed by atoms with Crippen molar-refractivity contribution in [1.29, 1.82) is 0 Å². The Labute approximate surface area is 67.4 Å². The number of carbonyl (C=O) groups is 1. The number of carbonyl (C=O) groups excluding carboxylic acids is 1. The van der Waals surface area contributed by atoms with Gasteiger partial charge in [-0.15, -0.1) is 0 Å². The van der Waals surface area contributed by atoms with Crippen molar-refractivity contribution in [2.24, 2.45) is 5.92 Å². The standard InChI is InChI=1S/C9H15NO/c1-9(7-3-2-4-7)8(11)5-6-10-9/h7,10H,2-6H2,1H3. The molecule has 62 valence electrons. The summed E-state index contributed by atoms with van der Waals surface area (Å²) in [4.78, 5) is 11.5. The van der Waals surface area contributed by atoms with Crippen LogP contribution in [0.25, 0.3) is 0 Å². The summed E-state index contributed by atoms with van der Waals surface area (Å²) in [6, 6.07) is 0. The van der Waals surface area contributed by atoms with E-state index in [0.29, 0.717) is 11.7 Å². The fraction of sp³-hybridized carbons (Fsp3) is 0.889. The Morgan fingerprint density at radius 3 is 2.64 bits per heavy atom. The molecule has 1 saturated heterocycles. The summed E-state index contributed by atoms with van der Waals surface area (Å²) < 4.78 is 0. The molecule has 1 aliphatic heterocycles. The molecule has 1 aliphatic carbocycles. The van der Waals surface area contributed by atoms with Crippen molar-refractivity contribution in [2.75, 3.05) is 6.54 Å². The van der Waals surface area contributed by atoms with Crippen LogP contribution in [-0.2, 0) is 4.79 Å². The van der Waals surface area contributed by atoms with E-state index in [-0.39, 0.29) is 5.54 Å². The zero-order valence-corrected chi connectivity index (χ0v) is 7.02. The molecule has 0 radical (unpaired) electrons. The highest BCUT2D eigenvalue weighted by Gasteiger charge is 2.45. The molecule has 0 spiro atoms. The van der Waals surface area contributed by atoms with Crippen molar-refractivity contribution in [3.63, 3.8) is 0 Å². The van der Waals surface area contributed by atoms with E-state index in [2.05, 4.69) is 12.2 Å². The maximum Gasteiger partial charge on any atom is 0.154 e. The highest BCUT2D eigenvalue weighted by molar-refractivity contribution is 5.90. The summed E-state index contributed by atoms with van der Waals surface area (Å²) in [7, 11) is 0. The largest absolute Gasteiger partial charge is 0.304 e. The Bertz CT molecular complexity index is 186. The van der Waals surface area contributed by atoms with Crippen LogP contribution in [0.5, 0.6) is 0 Å².